The van der Waals surface area contributed by atoms with Crippen molar-refractivity contribution >= 4 is 17.6 Å². The van der Waals surface area contributed by atoms with Crippen molar-refractivity contribution in [2.45, 2.75) is 6.92 Å². The average molecular weight is 281 g/mol. The van der Waals surface area contributed by atoms with E-state index < -0.39 is 11.8 Å². The first-order chi connectivity index (χ1) is 9.00. The van der Waals surface area contributed by atoms with Gasteiger partial charge in [-0.1, -0.05) is 29.8 Å². The molecule has 0 amide bonds. The number of carboxylic acids is 1. The summed E-state index contributed by atoms with van der Waals surface area (Å²) in [5.41, 5.74) is 0.568. The van der Waals surface area contributed by atoms with Gasteiger partial charge in [-0.2, -0.15) is 0 Å². The Bertz CT molecular complexity index is 641. The lowest BCUT2D eigenvalue weighted by atomic mass is 10.1. The Kier molecular flexibility index (Phi) is 3.71. The molecule has 0 saturated heterocycles. The number of hydrogen-bond donors (Lipinski definition) is 1. The highest BCUT2D eigenvalue weighted by molar-refractivity contribution is 6.30. The third-order valence-corrected chi connectivity index (χ3v) is 2.86. The maximum atomic E-state index is 13.7. The summed E-state index contributed by atoms with van der Waals surface area (Å²) >= 11 is 5.65. The molecule has 0 radical (unpaired) electrons. The van der Waals surface area contributed by atoms with Gasteiger partial charge in [-0.3, -0.25) is 0 Å². The number of aryl methyl sites for hydroxylation is 1. The van der Waals surface area contributed by atoms with E-state index in [1.54, 1.807) is 19.1 Å². The van der Waals surface area contributed by atoms with Crippen molar-refractivity contribution in [3.8, 4) is 11.5 Å². The van der Waals surface area contributed by atoms with E-state index in [-0.39, 0.29) is 22.1 Å². The lowest BCUT2D eigenvalue weighted by Gasteiger charge is -2.12. The number of carboxylic acid groups (broad SMARTS) is 1. The van der Waals surface area contributed by atoms with Crippen LogP contribution in [0.5, 0.6) is 11.5 Å². The molecule has 0 bridgehead atoms. The molecule has 98 valence electrons. The quantitative estimate of drug-likeness (QED) is 0.913. The number of aromatic carboxylic acids is 1. The molecule has 0 aliphatic rings. The number of hydrogen-bond acceptors (Lipinski definition) is 2. The first kappa shape index (κ1) is 13.4. The van der Waals surface area contributed by atoms with Crippen molar-refractivity contribution in [1.29, 1.82) is 0 Å². The first-order valence-electron chi connectivity index (χ1n) is 5.45. The number of halogens is 2. The highest BCUT2D eigenvalue weighted by Crippen LogP contribution is 2.32. The van der Waals surface area contributed by atoms with Crippen LogP contribution in [-0.4, -0.2) is 11.1 Å². The van der Waals surface area contributed by atoms with E-state index in [9.17, 15) is 9.18 Å². The van der Waals surface area contributed by atoms with E-state index in [1.165, 1.54) is 24.3 Å². The Hall–Kier alpha value is -2.07. The van der Waals surface area contributed by atoms with E-state index in [0.717, 1.165) is 0 Å². The van der Waals surface area contributed by atoms with Gasteiger partial charge in [0.05, 0.1) is 5.02 Å². The number of ether oxygens (including phenoxy) is 1. The van der Waals surface area contributed by atoms with Crippen LogP contribution in [0, 0.1) is 12.7 Å². The maximum absolute atomic E-state index is 13.7. The van der Waals surface area contributed by atoms with E-state index in [2.05, 4.69) is 0 Å². The van der Waals surface area contributed by atoms with Crippen LogP contribution in [0.1, 0.15) is 15.9 Å². The fraction of sp³-hybridized carbons (Fsp3) is 0.0714. The van der Waals surface area contributed by atoms with Crippen molar-refractivity contribution < 1.29 is 19.0 Å². The summed E-state index contributed by atoms with van der Waals surface area (Å²) in [5, 5.41) is 9.01. The summed E-state index contributed by atoms with van der Waals surface area (Å²) in [4.78, 5) is 11.1. The van der Waals surface area contributed by atoms with Crippen LogP contribution in [0.3, 0.4) is 0 Å². The SMILES string of the molecule is Cc1cccc(C(=O)O)c1Oc1cccc(Cl)c1F. The minimum atomic E-state index is -1.14. The van der Waals surface area contributed by atoms with Crippen molar-refractivity contribution in [1.82, 2.24) is 0 Å². The summed E-state index contributed by atoms with van der Waals surface area (Å²) < 4.78 is 19.1. The van der Waals surface area contributed by atoms with Crippen LogP contribution in [0.25, 0.3) is 0 Å². The second kappa shape index (κ2) is 5.28. The van der Waals surface area contributed by atoms with Crippen LogP contribution >= 0.6 is 11.6 Å². The second-order valence-corrected chi connectivity index (χ2v) is 4.32. The first-order valence-corrected chi connectivity index (χ1v) is 5.83. The molecule has 2 rings (SSSR count). The molecule has 19 heavy (non-hydrogen) atoms. The Morgan fingerprint density at radius 3 is 2.63 bits per heavy atom. The molecule has 2 aromatic carbocycles. The van der Waals surface area contributed by atoms with Gasteiger partial charge in [0, 0.05) is 0 Å². The van der Waals surface area contributed by atoms with Gasteiger partial charge < -0.3 is 9.84 Å². The molecule has 5 heteroatoms. The molecule has 0 aliphatic carbocycles. The zero-order valence-electron chi connectivity index (χ0n) is 9.98. The second-order valence-electron chi connectivity index (χ2n) is 3.91. The molecule has 2 aromatic rings. The van der Waals surface area contributed by atoms with Crippen molar-refractivity contribution in [2.75, 3.05) is 0 Å². The number of rotatable bonds is 3. The van der Waals surface area contributed by atoms with Crippen LogP contribution in [0.15, 0.2) is 36.4 Å². The summed E-state index contributed by atoms with van der Waals surface area (Å²) in [6, 6.07) is 8.98. The Morgan fingerprint density at radius 2 is 1.95 bits per heavy atom. The highest BCUT2D eigenvalue weighted by Gasteiger charge is 2.16. The number of para-hydroxylation sites is 1. The minimum Gasteiger partial charge on any atom is -0.478 e. The van der Waals surface area contributed by atoms with Gasteiger partial charge >= 0.3 is 5.97 Å². The zero-order valence-corrected chi connectivity index (χ0v) is 10.7. The van der Waals surface area contributed by atoms with Gasteiger partial charge in [0.2, 0.25) is 0 Å². The molecule has 0 spiro atoms. The molecule has 0 heterocycles. The normalized spacial score (nSPS) is 10.3. The van der Waals surface area contributed by atoms with Gasteiger partial charge in [0.1, 0.15) is 11.3 Å². The zero-order chi connectivity index (χ0) is 14.0. The van der Waals surface area contributed by atoms with E-state index in [4.69, 9.17) is 21.4 Å². The van der Waals surface area contributed by atoms with E-state index in [0.29, 0.717) is 5.56 Å². The van der Waals surface area contributed by atoms with E-state index in [1.807, 2.05) is 0 Å². The predicted molar refractivity (Wildman–Crippen MR) is 69.6 cm³/mol. The molecule has 0 aromatic heterocycles. The lowest BCUT2D eigenvalue weighted by molar-refractivity contribution is 0.0694. The fourth-order valence-electron chi connectivity index (χ4n) is 1.63. The Balaban J connectivity index is 2.49. The minimum absolute atomic E-state index is 0.0284. The maximum Gasteiger partial charge on any atom is 0.339 e. The Morgan fingerprint density at radius 1 is 1.26 bits per heavy atom. The molecule has 0 aliphatic heterocycles. The largest absolute Gasteiger partial charge is 0.478 e. The van der Waals surface area contributed by atoms with Crippen LogP contribution in [-0.2, 0) is 0 Å². The van der Waals surface area contributed by atoms with Gasteiger partial charge in [0.25, 0.3) is 0 Å². The van der Waals surface area contributed by atoms with Crippen LogP contribution < -0.4 is 4.74 Å². The summed E-state index contributed by atoms with van der Waals surface area (Å²) in [5.74, 6) is -1.86. The molecule has 0 fully saturated rings. The topological polar surface area (TPSA) is 46.5 Å². The van der Waals surface area contributed by atoms with Crippen molar-refractivity contribution in [2.24, 2.45) is 0 Å². The molecular formula is C14H10ClFO3. The Labute approximate surface area is 114 Å². The van der Waals surface area contributed by atoms with Gasteiger partial charge in [-0.15, -0.1) is 0 Å². The van der Waals surface area contributed by atoms with Crippen molar-refractivity contribution in [3.63, 3.8) is 0 Å². The summed E-state index contributed by atoms with van der Waals surface area (Å²) in [6.45, 7) is 1.68. The van der Waals surface area contributed by atoms with Gasteiger partial charge in [-0.05, 0) is 30.7 Å². The molecule has 0 unspecified atom stereocenters. The molecule has 1 N–H and O–H groups in total. The smallest absolute Gasteiger partial charge is 0.339 e. The van der Waals surface area contributed by atoms with Gasteiger partial charge in [-0.25, -0.2) is 9.18 Å². The molecular weight excluding hydrogens is 271 g/mol. The van der Waals surface area contributed by atoms with E-state index >= 15 is 0 Å². The summed E-state index contributed by atoms with van der Waals surface area (Å²) in [7, 11) is 0. The monoisotopic (exact) mass is 280 g/mol. The lowest BCUT2D eigenvalue weighted by Crippen LogP contribution is -2.02. The standard InChI is InChI=1S/C14H10ClFO3/c1-8-4-2-5-9(14(17)18)13(8)19-11-7-3-6-10(15)12(11)16/h2-7H,1H3,(H,17,18). The van der Waals surface area contributed by atoms with Crippen molar-refractivity contribution in [3.05, 3.63) is 58.4 Å². The summed E-state index contributed by atoms with van der Waals surface area (Å²) in [6.07, 6.45) is 0. The third-order valence-electron chi connectivity index (χ3n) is 2.57. The van der Waals surface area contributed by atoms with Gasteiger partial charge in [0.15, 0.2) is 11.6 Å². The van der Waals surface area contributed by atoms with Crippen LogP contribution in [0.2, 0.25) is 5.02 Å². The molecule has 0 atom stereocenters. The number of carbonyl (C=O) groups is 1. The van der Waals surface area contributed by atoms with Crippen LogP contribution in [0.4, 0.5) is 4.39 Å². The molecule has 3 nitrogen and oxygen atoms in total. The number of benzene rings is 2. The molecule has 0 saturated carbocycles. The highest BCUT2D eigenvalue weighted by atomic mass is 35.5. The average Bonchev–Trinajstić information content (AvgIpc) is 2.36. The predicted octanol–water partition coefficient (Wildman–Crippen LogP) is 4.28. The third kappa shape index (κ3) is 2.69. The fourth-order valence-corrected chi connectivity index (χ4v) is 1.80.